The number of aromatic amines is 1. The Bertz CT molecular complexity index is 648. The molecule has 5 heteroatoms. The van der Waals surface area contributed by atoms with Crippen molar-refractivity contribution in [1.82, 2.24) is 20.3 Å². The number of rotatable bonds is 1. The summed E-state index contributed by atoms with van der Waals surface area (Å²) in [7, 11) is 0. The van der Waals surface area contributed by atoms with Crippen LogP contribution in [0.5, 0.6) is 0 Å². The van der Waals surface area contributed by atoms with Crippen LogP contribution in [0.15, 0.2) is 18.3 Å². The Balaban J connectivity index is 2.14. The largest absolute Gasteiger partial charge is 0.341 e. The van der Waals surface area contributed by atoms with Gasteiger partial charge in [-0.3, -0.25) is 4.98 Å². The second kappa shape index (κ2) is 4.59. The number of hydrogen-bond acceptors (Lipinski definition) is 4. The van der Waals surface area contributed by atoms with E-state index < -0.39 is 0 Å². The second-order valence-corrected chi connectivity index (χ2v) is 4.88. The number of nitrogens with zero attached hydrogens (tertiary/aromatic N) is 2. The zero-order chi connectivity index (χ0) is 12.5. The first-order chi connectivity index (χ1) is 8.74. The fraction of sp³-hybridized carbons (Fsp3) is 0.308. The molecular formula is C13H14N4S. The third kappa shape index (κ3) is 2.07. The van der Waals surface area contributed by atoms with E-state index in [0.29, 0.717) is 4.64 Å². The van der Waals surface area contributed by atoms with Gasteiger partial charge in [0.1, 0.15) is 10.3 Å². The molecule has 4 nitrogen and oxygen atoms in total. The normalized spacial score (nSPS) is 14.3. The monoisotopic (exact) mass is 258 g/mol. The van der Waals surface area contributed by atoms with Crippen molar-refractivity contribution >= 4 is 12.2 Å². The summed E-state index contributed by atoms with van der Waals surface area (Å²) in [6, 6.07) is 3.99. The molecule has 1 aliphatic rings. The Morgan fingerprint density at radius 1 is 1.39 bits per heavy atom. The van der Waals surface area contributed by atoms with Gasteiger partial charge in [0.2, 0.25) is 0 Å². The number of aromatic nitrogens is 3. The van der Waals surface area contributed by atoms with Gasteiger partial charge in [0.05, 0.1) is 0 Å². The topological polar surface area (TPSA) is 53.6 Å². The average Bonchev–Trinajstić information content (AvgIpc) is 2.39. The fourth-order valence-electron chi connectivity index (χ4n) is 2.15. The van der Waals surface area contributed by atoms with Crippen LogP contribution < -0.4 is 5.32 Å². The molecule has 18 heavy (non-hydrogen) atoms. The highest BCUT2D eigenvalue weighted by atomic mass is 32.1. The number of nitrogens with one attached hydrogen (secondary N) is 2. The van der Waals surface area contributed by atoms with Gasteiger partial charge < -0.3 is 10.3 Å². The lowest BCUT2D eigenvalue weighted by molar-refractivity contribution is 0.624. The van der Waals surface area contributed by atoms with Crippen molar-refractivity contribution in [3.05, 3.63) is 39.8 Å². The molecule has 3 heterocycles. The maximum absolute atomic E-state index is 5.36. The molecule has 0 unspecified atom stereocenters. The summed E-state index contributed by atoms with van der Waals surface area (Å²) in [5, 5.41) is 3.31. The fourth-order valence-corrected chi connectivity index (χ4v) is 2.44. The van der Waals surface area contributed by atoms with Gasteiger partial charge in [-0.2, -0.15) is 0 Å². The molecule has 0 radical (unpaired) electrons. The van der Waals surface area contributed by atoms with E-state index in [-0.39, 0.29) is 0 Å². The van der Waals surface area contributed by atoms with Crippen LogP contribution in [0, 0.1) is 11.6 Å². The van der Waals surface area contributed by atoms with Crippen LogP contribution in [0.25, 0.3) is 11.5 Å². The van der Waals surface area contributed by atoms with E-state index in [1.165, 1.54) is 11.3 Å². The third-order valence-corrected chi connectivity index (χ3v) is 3.45. The van der Waals surface area contributed by atoms with Gasteiger partial charge in [0, 0.05) is 37.0 Å². The maximum Gasteiger partial charge on any atom is 0.157 e. The van der Waals surface area contributed by atoms with E-state index in [1.807, 2.05) is 19.1 Å². The highest BCUT2D eigenvalue weighted by molar-refractivity contribution is 7.71. The molecule has 1 aliphatic heterocycles. The van der Waals surface area contributed by atoms with E-state index in [2.05, 4.69) is 20.3 Å². The van der Waals surface area contributed by atoms with Gasteiger partial charge in [0.15, 0.2) is 5.82 Å². The van der Waals surface area contributed by atoms with Crippen molar-refractivity contribution in [3.8, 4) is 11.5 Å². The molecule has 0 saturated carbocycles. The lowest BCUT2D eigenvalue weighted by atomic mass is 10.1. The summed E-state index contributed by atoms with van der Waals surface area (Å²) >= 11 is 5.36. The van der Waals surface area contributed by atoms with E-state index in [0.717, 1.165) is 36.6 Å². The molecule has 0 aliphatic carbocycles. The Morgan fingerprint density at radius 3 is 3.11 bits per heavy atom. The third-order valence-electron chi connectivity index (χ3n) is 3.12. The van der Waals surface area contributed by atoms with Crippen LogP contribution in [0.3, 0.4) is 0 Å². The van der Waals surface area contributed by atoms with Gasteiger partial charge in [0.25, 0.3) is 0 Å². The Morgan fingerprint density at radius 2 is 2.28 bits per heavy atom. The van der Waals surface area contributed by atoms with E-state index in [9.17, 15) is 0 Å². The Labute approximate surface area is 111 Å². The van der Waals surface area contributed by atoms with Gasteiger partial charge in [-0.1, -0.05) is 12.2 Å². The van der Waals surface area contributed by atoms with Crippen molar-refractivity contribution in [2.75, 3.05) is 6.54 Å². The van der Waals surface area contributed by atoms with Gasteiger partial charge in [-0.05, 0) is 24.6 Å². The van der Waals surface area contributed by atoms with E-state index in [1.54, 1.807) is 6.20 Å². The van der Waals surface area contributed by atoms with Crippen molar-refractivity contribution in [2.45, 2.75) is 19.9 Å². The summed E-state index contributed by atoms with van der Waals surface area (Å²) in [4.78, 5) is 12.2. The zero-order valence-corrected chi connectivity index (χ0v) is 11.0. The predicted octanol–water partition coefficient (Wildman–Crippen LogP) is 2.16. The molecule has 0 amide bonds. The minimum absolute atomic E-state index is 0.675. The number of fused-ring (bicyclic) bond motifs is 1. The van der Waals surface area contributed by atoms with Gasteiger partial charge in [-0.25, -0.2) is 4.98 Å². The van der Waals surface area contributed by atoms with Crippen LogP contribution in [-0.4, -0.2) is 21.5 Å². The van der Waals surface area contributed by atoms with Crippen molar-refractivity contribution in [2.24, 2.45) is 0 Å². The van der Waals surface area contributed by atoms with Gasteiger partial charge in [-0.15, -0.1) is 0 Å². The molecule has 0 spiro atoms. The molecule has 3 rings (SSSR count). The van der Waals surface area contributed by atoms with Crippen molar-refractivity contribution in [1.29, 1.82) is 0 Å². The molecule has 2 aromatic rings. The summed E-state index contributed by atoms with van der Waals surface area (Å²) in [5.74, 6) is 0.768. The molecule has 0 bridgehead atoms. The number of H-pyrrole nitrogens is 1. The van der Waals surface area contributed by atoms with Crippen molar-refractivity contribution in [3.63, 3.8) is 0 Å². The molecule has 0 saturated heterocycles. The van der Waals surface area contributed by atoms with Crippen molar-refractivity contribution < 1.29 is 0 Å². The van der Waals surface area contributed by atoms with Crippen LogP contribution in [-0.2, 0) is 13.0 Å². The lowest BCUT2D eigenvalue weighted by Gasteiger charge is -2.17. The highest BCUT2D eigenvalue weighted by Crippen LogP contribution is 2.18. The SMILES string of the molecule is Cc1ccnc(-c2nc(=S)c3c([nH]2)CCNC3)c1. The van der Waals surface area contributed by atoms with Crippen LogP contribution in [0.1, 0.15) is 16.8 Å². The number of aryl methyl sites for hydroxylation is 1. The molecule has 0 fully saturated rings. The quantitative estimate of drug-likeness (QED) is 0.770. The van der Waals surface area contributed by atoms with Gasteiger partial charge >= 0.3 is 0 Å². The highest BCUT2D eigenvalue weighted by Gasteiger charge is 2.13. The predicted molar refractivity (Wildman–Crippen MR) is 72.8 cm³/mol. The summed E-state index contributed by atoms with van der Waals surface area (Å²) in [5.41, 5.74) is 4.32. The second-order valence-electron chi connectivity index (χ2n) is 4.49. The molecule has 2 aromatic heterocycles. The summed E-state index contributed by atoms with van der Waals surface area (Å²) in [6.45, 7) is 3.82. The first-order valence-corrected chi connectivity index (χ1v) is 6.40. The van der Waals surface area contributed by atoms with E-state index >= 15 is 0 Å². The minimum atomic E-state index is 0.675. The van der Waals surface area contributed by atoms with Crippen LogP contribution in [0.2, 0.25) is 0 Å². The Hall–Kier alpha value is -1.59. The maximum atomic E-state index is 5.36. The average molecular weight is 258 g/mol. The minimum Gasteiger partial charge on any atom is -0.341 e. The summed E-state index contributed by atoms with van der Waals surface area (Å²) < 4.78 is 0.675. The number of hydrogen-bond donors (Lipinski definition) is 2. The first kappa shape index (κ1) is 11.5. The summed E-state index contributed by atoms with van der Waals surface area (Å²) in [6.07, 6.45) is 2.75. The lowest BCUT2D eigenvalue weighted by Crippen LogP contribution is -2.25. The Kier molecular flexibility index (Phi) is 2.93. The molecule has 0 aromatic carbocycles. The first-order valence-electron chi connectivity index (χ1n) is 6.00. The molecule has 0 atom stereocenters. The van der Waals surface area contributed by atoms with E-state index in [4.69, 9.17) is 12.2 Å². The molecule has 92 valence electrons. The molecular weight excluding hydrogens is 244 g/mol. The molecule has 2 N–H and O–H groups in total. The standard InChI is InChI=1S/C13H14N4S/c1-8-2-5-15-11(6-8)12-16-10-3-4-14-7-9(10)13(18)17-12/h2,5-6,14H,3-4,7H2,1H3,(H,16,17,18). The zero-order valence-electron chi connectivity index (χ0n) is 10.2. The van der Waals surface area contributed by atoms with Crippen LogP contribution in [0.4, 0.5) is 0 Å². The smallest absolute Gasteiger partial charge is 0.157 e. The van der Waals surface area contributed by atoms with Crippen LogP contribution >= 0.6 is 12.2 Å². The number of pyridine rings is 1.